The van der Waals surface area contributed by atoms with E-state index in [0.29, 0.717) is 22.3 Å². The number of hydrogen-bond donors (Lipinski definition) is 1. The number of pyridine rings is 1. The first-order valence-electron chi connectivity index (χ1n) is 5.47. The topological polar surface area (TPSA) is 48.1 Å². The fourth-order valence-electron chi connectivity index (χ4n) is 1.49. The van der Waals surface area contributed by atoms with E-state index in [1.54, 1.807) is 12.3 Å². The van der Waals surface area contributed by atoms with E-state index in [1.807, 2.05) is 18.2 Å². The van der Waals surface area contributed by atoms with E-state index in [2.05, 4.69) is 27.8 Å². The molecule has 3 nitrogen and oxygen atoms in total. The van der Waals surface area contributed by atoms with E-state index >= 15 is 0 Å². The fourth-order valence-corrected chi connectivity index (χ4v) is 2.16. The Hall–Kier alpha value is -1.26. The van der Waals surface area contributed by atoms with E-state index in [1.165, 1.54) is 0 Å². The molecule has 0 saturated carbocycles. The number of nitrogens with zero attached hydrogens (tertiary/aromatic N) is 1. The molecule has 0 aliphatic carbocycles. The average molecular weight is 328 g/mol. The average Bonchev–Trinajstić information content (AvgIpc) is 2.34. The predicted molar refractivity (Wildman–Crippen MR) is 77.3 cm³/mol. The van der Waals surface area contributed by atoms with E-state index < -0.39 is 0 Å². The lowest BCUT2D eigenvalue weighted by molar-refractivity contribution is 0.465. The Morgan fingerprint density at radius 2 is 2.17 bits per heavy atom. The number of hydrogen-bond acceptors (Lipinski definition) is 3. The Balaban J connectivity index is 2.28. The standard InChI is InChI=1S/C13H12BrClN2O/c1-2-8-3-4-12(11(16)5-8)18-13-10(15)6-9(14)7-17-13/h3-7H,2,16H2,1H3. The van der Waals surface area contributed by atoms with Crippen molar-refractivity contribution in [1.82, 2.24) is 4.98 Å². The number of aryl methyl sites for hydroxylation is 1. The second-order valence-electron chi connectivity index (χ2n) is 3.77. The summed E-state index contributed by atoms with van der Waals surface area (Å²) in [7, 11) is 0. The summed E-state index contributed by atoms with van der Waals surface area (Å²) in [6, 6.07) is 7.41. The summed E-state index contributed by atoms with van der Waals surface area (Å²) in [5, 5.41) is 0.434. The molecule has 0 spiro atoms. The molecule has 0 fully saturated rings. The van der Waals surface area contributed by atoms with Crippen LogP contribution in [0.15, 0.2) is 34.9 Å². The molecule has 0 aliphatic heterocycles. The number of nitrogens with two attached hydrogens (primary N) is 1. The Morgan fingerprint density at radius 3 is 2.78 bits per heavy atom. The number of rotatable bonds is 3. The molecule has 2 N–H and O–H groups in total. The summed E-state index contributed by atoms with van der Waals surface area (Å²) < 4.78 is 6.41. The van der Waals surface area contributed by atoms with Crippen molar-refractivity contribution in [2.24, 2.45) is 0 Å². The SMILES string of the molecule is CCc1ccc(Oc2ncc(Br)cc2Cl)c(N)c1. The van der Waals surface area contributed by atoms with Gasteiger partial charge in [-0.3, -0.25) is 0 Å². The van der Waals surface area contributed by atoms with Gasteiger partial charge in [-0.1, -0.05) is 24.6 Å². The summed E-state index contributed by atoms with van der Waals surface area (Å²) in [4.78, 5) is 4.10. The van der Waals surface area contributed by atoms with Gasteiger partial charge in [0.25, 0.3) is 0 Å². The molecule has 1 heterocycles. The zero-order valence-corrected chi connectivity index (χ0v) is 12.1. The van der Waals surface area contributed by atoms with Crippen molar-refractivity contribution < 1.29 is 4.74 Å². The van der Waals surface area contributed by atoms with Crippen molar-refractivity contribution in [2.45, 2.75) is 13.3 Å². The van der Waals surface area contributed by atoms with Crippen LogP contribution in [-0.2, 0) is 6.42 Å². The van der Waals surface area contributed by atoms with Crippen LogP contribution in [0.5, 0.6) is 11.6 Å². The Kier molecular flexibility index (Phi) is 4.09. The summed E-state index contributed by atoms with van der Waals surface area (Å²) in [5.41, 5.74) is 7.66. The van der Waals surface area contributed by atoms with Crippen LogP contribution < -0.4 is 10.5 Å². The zero-order chi connectivity index (χ0) is 13.1. The van der Waals surface area contributed by atoms with Crippen LogP contribution in [0.1, 0.15) is 12.5 Å². The molecular weight excluding hydrogens is 316 g/mol. The second-order valence-corrected chi connectivity index (χ2v) is 5.09. The first-order chi connectivity index (χ1) is 8.60. The maximum absolute atomic E-state index is 6.03. The fraction of sp³-hybridized carbons (Fsp3) is 0.154. The summed E-state index contributed by atoms with van der Waals surface area (Å²) >= 11 is 9.32. The first-order valence-corrected chi connectivity index (χ1v) is 6.64. The van der Waals surface area contributed by atoms with Gasteiger partial charge < -0.3 is 10.5 Å². The van der Waals surface area contributed by atoms with Gasteiger partial charge in [-0.2, -0.15) is 0 Å². The molecule has 0 amide bonds. The van der Waals surface area contributed by atoms with Gasteiger partial charge in [0.15, 0.2) is 5.75 Å². The van der Waals surface area contributed by atoms with Crippen molar-refractivity contribution >= 4 is 33.2 Å². The highest BCUT2D eigenvalue weighted by molar-refractivity contribution is 9.10. The molecule has 5 heteroatoms. The molecular formula is C13H12BrClN2O. The van der Waals surface area contributed by atoms with E-state index in [0.717, 1.165) is 16.5 Å². The summed E-state index contributed by atoms with van der Waals surface area (Å²) in [6.45, 7) is 2.07. The van der Waals surface area contributed by atoms with E-state index in [4.69, 9.17) is 22.1 Å². The van der Waals surface area contributed by atoms with Crippen molar-refractivity contribution in [3.63, 3.8) is 0 Å². The number of halogens is 2. The van der Waals surface area contributed by atoms with Crippen molar-refractivity contribution in [3.05, 3.63) is 45.5 Å². The molecule has 2 aromatic rings. The van der Waals surface area contributed by atoms with Gasteiger partial charge in [0, 0.05) is 10.7 Å². The molecule has 0 aliphatic rings. The largest absolute Gasteiger partial charge is 0.435 e. The van der Waals surface area contributed by atoms with Crippen LogP contribution in [0.25, 0.3) is 0 Å². The normalized spacial score (nSPS) is 10.4. The second kappa shape index (κ2) is 5.59. The maximum Gasteiger partial charge on any atom is 0.238 e. The van der Waals surface area contributed by atoms with E-state index in [9.17, 15) is 0 Å². The maximum atomic E-state index is 6.03. The Morgan fingerprint density at radius 1 is 1.39 bits per heavy atom. The summed E-state index contributed by atoms with van der Waals surface area (Å²) in [5.74, 6) is 0.903. The first kappa shape index (κ1) is 13.2. The monoisotopic (exact) mass is 326 g/mol. The van der Waals surface area contributed by atoms with Crippen LogP contribution >= 0.6 is 27.5 Å². The lowest BCUT2D eigenvalue weighted by Gasteiger charge is -2.10. The molecule has 0 bridgehead atoms. The van der Waals surface area contributed by atoms with Gasteiger partial charge >= 0.3 is 0 Å². The van der Waals surface area contributed by atoms with Gasteiger partial charge in [0.1, 0.15) is 5.02 Å². The molecule has 0 radical (unpaired) electrons. The van der Waals surface area contributed by atoms with Crippen LogP contribution in [0.4, 0.5) is 5.69 Å². The smallest absolute Gasteiger partial charge is 0.238 e. The molecule has 0 atom stereocenters. The third-order valence-corrected chi connectivity index (χ3v) is 3.17. The van der Waals surface area contributed by atoms with Crippen molar-refractivity contribution in [3.8, 4) is 11.6 Å². The highest BCUT2D eigenvalue weighted by Gasteiger charge is 2.08. The Labute approximate surface area is 119 Å². The zero-order valence-electron chi connectivity index (χ0n) is 9.78. The molecule has 1 aromatic heterocycles. The minimum absolute atomic E-state index is 0.343. The summed E-state index contributed by atoms with van der Waals surface area (Å²) in [6.07, 6.45) is 2.56. The third kappa shape index (κ3) is 2.94. The van der Waals surface area contributed by atoms with Crippen molar-refractivity contribution in [2.75, 3.05) is 5.73 Å². The molecule has 0 saturated heterocycles. The molecule has 0 unspecified atom stereocenters. The highest BCUT2D eigenvalue weighted by Crippen LogP contribution is 2.32. The molecule has 18 heavy (non-hydrogen) atoms. The minimum atomic E-state index is 0.343. The van der Waals surface area contributed by atoms with E-state index in [-0.39, 0.29) is 0 Å². The van der Waals surface area contributed by atoms with Crippen LogP contribution in [0.2, 0.25) is 5.02 Å². The quantitative estimate of drug-likeness (QED) is 0.848. The number of aromatic nitrogens is 1. The van der Waals surface area contributed by atoms with Gasteiger partial charge in [-0.05, 0) is 46.1 Å². The highest BCUT2D eigenvalue weighted by atomic mass is 79.9. The lowest BCUT2D eigenvalue weighted by atomic mass is 10.1. The van der Waals surface area contributed by atoms with Crippen LogP contribution in [0, 0.1) is 0 Å². The van der Waals surface area contributed by atoms with Crippen LogP contribution in [0.3, 0.4) is 0 Å². The molecule has 1 aromatic carbocycles. The van der Waals surface area contributed by atoms with Crippen LogP contribution in [-0.4, -0.2) is 4.98 Å². The third-order valence-electron chi connectivity index (χ3n) is 2.46. The van der Waals surface area contributed by atoms with Gasteiger partial charge in [0.2, 0.25) is 5.88 Å². The van der Waals surface area contributed by atoms with Gasteiger partial charge in [0.05, 0.1) is 5.69 Å². The number of anilines is 1. The van der Waals surface area contributed by atoms with Gasteiger partial charge in [-0.25, -0.2) is 4.98 Å². The predicted octanol–water partition coefficient (Wildman–Crippen LogP) is 4.43. The number of benzene rings is 1. The molecule has 94 valence electrons. The number of ether oxygens (including phenoxy) is 1. The lowest BCUT2D eigenvalue weighted by Crippen LogP contribution is -1.95. The minimum Gasteiger partial charge on any atom is -0.435 e. The number of nitrogen functional groups attached to an aromatic ring is 1. The molecule has 2 rings (SSSR count). The Bertz CT molecular complexity index is 575. The van der Waals surface area contributed by atoms with Gasteiger partial charge in [-0.15, -0.1) is 0 Å². The van der Waals surface area contributed by atoms with Crippen molar-refractivity contribution in [1.29, 1.82) is 0 Å².